The van der Waals surface area contributed by atoms with Crippen molar-refractivity contribution in [2.45, 2.75) is 13.0 Å². The predicted octanol–water partition coefficient (Wildman–Crippen LogP) is 4.68. The summed E-state index contributed by atoms with van der Waals surface area (Å²) in [7, 11) is 0. The Morgan fingerprint density at radius 1 is 1.14 bits per heavy atom. The van der Waals surface area contributed by atoms with E-state index in [4.69, 9.17) is 27.9 Å². The fourth-order valence-electron chi connectivity index (χ4n) is 1.68. The van der Waals surface area contributed by atoms with Crippen LogP contribution in [0.2, 0.25) is 10.0 Å². The van der Waals surface area contributed by atoms with Crippen LogP contribution in [0.4, 0.5) is 14.5 Å². The lowest BCUT2D eigenvalue weighted by atomic mass is 10.2. The third-order valence-corrected chi connectivity index (χ3v) is 3.23. The van der Waals surface area contributed by atoms with Crippen molar-refractivity contribution in [2.75, 3.05) is 5.32 Å². The molecule has 2 rings (SSSR count). The van der Waals surface area contributed by atoms with Crippen LogP contribution in [0, 0.1) is 11.6 Å². The molecule has 1 amide bonds. The highest BCUT2D eigenvalue weighted by molar-refractivity contribution is 6.35. The Hall–Kier alpha value is -1.85. The van der Waals surface area contributed by atoms with Gasteiger partial charge in [-0.15, -0.1) is 0 Å². The van der Waals surface area contributed by atoms with Gasteiger partial charge in [0.25, 0.3) is 5.91 Å². The summed E-state index contributed by atoms with van der Waals surface area (Å²) in [6.45, 7) is 1.48. The van der Waals surface area contributed by atoms with Gasteiger partial charge in [-0.25, -0.2) is 8.78 Å². The zero-order valence-corrected chi connectivity index (χ0v) is 12.9. The quantitative estimate of drug-likeness (QED) is 0.873. The number of benzene rings is 2. The number of halogens is 4. The smallest absolute Gasteiger partial charge is 0.265 e. The normalized spacial score (nSPS) is 11.9. The number of hydrogen-bond donors (Lipinski definition) is 1. The maximum Gasteiger partial charge on any atom is 0.265 e. The van der Waals surface area contributed by atoms with Crippen molar-refractivity contribution in [2.24, 2.45) is 0 Å². The number of carbonyl (C=O) groups is 1. The van der Waals surface area contributed by atoms with E-state index >= 15 is 0 Å². The summed E-state index contributed by atoms with van der Waals surface area (Å²) < 4.78 is 31.5. The minimum atomic E-state index is -0.926. The summed E-state index contributed by atoms with van der Waals surface area (Å²) in [6.07, 6.45) is -0.926. The van der Waals surface area contributed by atoms with Crippen LogP contribution in [0.3, 0.4) is 0 Å². The molecule has 1 atom stereocenters. The Morgan fingerprint density at radius 3 is 2.36 bits per heavy atom. The van der Waals surface area contributed by atoms with Gasteiger partial charge in [-0.3, -0.25) is 4.79 Å². The number of carbonyl (C=O) groups excluding carboxylic acids is 1. The van der Waals surface area contributed by atoms with E-state index in [2.05, 4.69) is 5.32 Å². The molecule has 0 bridgehead atoms. The van der Waals surface area contributed by atoms with Gasteiger partial charge in [0.2, 0.25) is 0 Å². The second-order valence-electron chi connectivity index (χ2n) is 4.48. The zero-order chi connectivity index (χ0) is 16.3. The first-order valence-corrected chi connectivity index (χ1v) is 6.99. The van der Waals surface area contributed by atoms with E-state index in [9.17, 15) is 13.6 Å². The van der Waals surface area contributed by atoms with E-state index < -0.39 is 23.6 Å². The fraction of sp³-hybridized carbons (Fsp3) is 0.133. The Labute approximate surface area is 135 Å². The first-order valence-electron chi connectivity index (χ1n) is 6.24. The molecule has 0 aliphatic rings. The fourth-order valence-corrected chi connectivity index (χ4v) is 2.14. The average Bonchev–Trinajstić information content (AvgIpc) is 2.40. The van der Waals surface area contributed by atoms with E-state index in [0.29, 0.717) is 11.1 Å². The number of hydrogen-bond acceptors (Lipinski definition) is 2. The summed E-state index contributed by atoms with van der Waals surface area (Å²) in [6, 6.07) is 7.28. The van der Waals surface area contributed by atoms with E-state index in [-0.39, 0.29) is 16.5 Å². The van der Waals surface area contributed by atoms with Crippen molar-refractivity contribution in [1.82, 2.24) is 0 Å². The number of ether oxygens (including phenoxy) is 1. The van der Waals surface area contributed by atoms with Gasteiger partial charge < -0.3 is 10.1 Å². The number of rotatable bonds is 4. The van der Waals surface area contributed by atoms with E-state index in [1.165, 1.54) is 19.1 Å². The van der Waals surface area contributed by atoms with Crippen LogP contribution in [-0.4, -0.2) is 12.0 Å². The minimum absolute atomic E-state index is 0.000142. The molecule has 0 saturated heterocycles. The Morgan fingerprint density at radius 2 is 1.77 bits per heavy atom. The van der Waals surface area contributed by atoms with Crippen molar-refractivity contribution >= 4 is 34.8 Å². The predicted molar refractivity (Wildman–Crippen MR) is 81.5 cm³/mol. The van der Waals surface area contributed by atoms with Gasteiger partial charge in [-0.05, 0) is 37.3 Å². The third-order valence-electron chi connectivity index (χ3n) is 2.70. The number of nitrogens with one attached hydrogen (secondary N) is 1. The lowest BCUT2D eigenvalue weighted by Gasteiger charge is -2.16. The Bertz CT molecular complexity index is 690. The molecular weight excluding hydrogens is 335 g/mol. The van der Waals surface area contributed by atoms with E-state index in [1.54, 1.807) is 6.07 Å². The lowest BCUT2D eigenvalue weighted by molar-refractivity contribution is -0.122. The molecular formula is C15H11Cl2F2NO2. The van der Waals surface area contributed by atoms with E-state index in [0.717, 1.165) is 12.1 Å². The molecule has 0 saturated carbocycles. The molecule has 1 N–H and O–H groups in total. The molecule has 3 nitrogen and oxygen atoms in total. The van der Waals surface area contributed by atoms with Gasteiger partial charge >= 0.3 is 0 Å². The van der Waals surface area contributed by atoms with Gasteiger partial charge in [0.1, 0.15) is 17.4 Å². The van der Waals surface area contributed by atoms with Crippen LogP contribution < -0.4 is 10.1 Å². The molecule has 22 heavy (non-hydrogen) atoms. The van der Waals surface area contributed by atoms with Crippen molar-refractivity contribution in [1.29, 1.82) is 0 Å². The molecule has 0 spiro atoms. The van der Waals surface area contributed by atoms with Crippen LogP contribution in [0.25, 0.3) is 0 Å². The molecule has 0 aliphatic heterocycles. The monoisotopic (exact) mass is 345 g/mol. The van der Waals surface area contributed by atoms with Crippen LogP contribution >= 0.6 is 23.2 Å². The lowest BCUT2D eigenvalue weighted by Crippen LogP contribution is -2.30. The molecule has 0 aliphatic carbocycles. The molecule has 0 fully saturated rings. The zero-order valence-electron chi connectivity index (χ0n) is 11.4. The number of amides is 1. The molecule has 7 heteroatoms. The summed E-state index contributed by atoms with van der Waals surface area (Å²) in [5, 5.41) is 3.05. The molecule has 0 heterocycles. The van der Waals surface area contributed by atoms with Crippen LogP contribution in [-0.2, 0) is 4.79 Å². The maximum absolute atomic E-state index is 13.1. The van der Waals surface area contributed by atoms with Gasteiger partial charge in [0.15, 0.2) is 6.10 Å². The second kappa shape index (κ2) is 6.94. The first-order chi connectivity index (χ1) is 10.3. The van der Waals surface area contributed by atoms with Crippen LogP contribution in [0.15, 0.2) is 36.4 Å². The molecule has 116 valence electrons. The average molecular weight is 346 g/mol. The summed E-state index contributed by atoms with van der Waals surface area (Å²) in [4.78, 5) is 12.0. The largest absolute Gasteiger partial charge is 0.479 e. The van der Waals surface area contributed by atoms with Crippen LogP contribution in [0.5, 0.6) is 5.75 Å². The van der Waals surface area contributed by atoms with Gasteiger partial charge in [0, 0.05) is 16.8 Å². The summed E-state index contributed by atoms with van der Waals surface area (Å²) >= 11 is 11.7. The highest BCUT2D eigenvalue weighted by Gasteiger charge is 2.17. The van der Waals surface area contributed by atoms with Crippen molar-refractivity contribution in [3.05, 3.63) is 58.1 Å². The molecule has 0 aromatic heterocycles. The molecule has 0 radical (unpaired) electrons. The minimum Gasteiger partial charge on any atom is -0.479 e. The Balaban J connectivity index is 2.05. The van der Waals surface area contributed by atoms with Crippen LogP contribution in [0.1, 0.15) is 6.92 Å². The van der Waals surface area contributed by atoms with Gasteiger partial charge in [-0.2, -0.15) is 0 Å². The molecule has 1 unspecified atom stereocenters. The van der Waals surface area contributed by atoms with E-state index in [1.807, 2.05) is 0 Å². The van der Waals surface area contributed by atoms with Gasteiger partial charge in [-0.1, -0.05) is 23.2 Å². The topological polar surface area (TPSA) is 38.3 Å². The van der Waals surface area contributed by atoms with Crippen molar-refractivity contribution < 1.29 is 18.3 Å². The van der Waals surface area contributed by atoms with Gasteiger partial charge in [0.05, 0.1) is 5.02 Å². The highest BCUT2D eigenvalue weighted by atomic mass is 35.5. The third kappa shape index (κ3) is 4.32. The highest BCUT2D eigenvalue weighted by Crippen LogP contribution is 2.28. The Kier molecular flexibility index (Phi) is 5.21. The molecule has 2 aromatic rings. The second-order valence-corrected chi connectivity index (χ2v) is 5.33. The molecule has 2 aromatic carbocycles. The SMILES string of the molecule is CC(Oc1ccc(Cl)cc1Cl)C(=O)Nc1cc(F)cc(F)c1. The first kappa shape index (κ1) is 16.5. The number of anilines is 1. The summed E-state index contributed by atoms with van der Waals surface area (Å²) in [5.74, 6) is -1.87. The summed E-state index contributed by atoms with van der Waals surface area (Å²) in [5.41, 5.74) is 0.000142. The maximum atomic E-state index is 13.1. The van der Waals surface area contributed by atoms with Crippen molar-refractivity contribution in [3.8, 4) is 5.75 Å². The standard InChI is InChI=1S/C15H11Cl2F2NO2/c1-8(22-14-3-2-9(16)4-13(14)17)15(21)20-12-6-10(18)5-11(19)7-12/h2-8H,1H3,(H,20,21). The van der Waals surface area contributed by atoms with Crippen molar-refractivity contribution in [3.63, 3.8) is 0 Å².